The molecule has 0 unspecified atom stereocenters. The van der Waals surface area contributed by atoms with Crippen LogP contribution >= 0.6 is 11.6 Å². The van der Waals surface area contributed by atoms with E-state index in [1.54, 1.807) is 0 Å². The smallest absolute Gasteiger partial charge is 0.294 e. The SMILES string of the molecule is O=C(c1cncnc1C(F)(F)Cl)C1CC1. The molecule has 2 rings (SSSR count). The van der Waals surface area contributed by atoms with Crippen molar-refractivity contribution < 1.29 is 13.6 Å². The zero-order chi connectivity index (χ0) is 11.1. The maximum atomic E-state index is 12.9. The molecule has 0 amide bonds. The zero-order valence-corrected chi connectivity index (χ0v) is 8.34. The van der Waals surface area contributed by atoms with E-state index in [4.69, 9.17) is 11.6 Å². The van der Waals surface area contributed by atoms with Crippen molar-refractivity contribution in [3.63, 3.8) is 0 Å². The molecule has 1 aromatic heterocycles. The number of hydrogen-bond acceptors (Lipinski definition) is 3. The Hall–Kier alpha value is -1.10. The highest BCUT2D eigenvalue weighted by molar-refractivity contribution is 6.22. The van der Waals surface area contributed by atoms with Crippen molar-refractivity contribution in [3.8, 4) is 0 Å². The van der Waals surface area contributed by atoms with E-state index in [2.05, 4.69) is 9.97 Å². The fourth-order valence-corrected chi connectivity index (χ4v) is 1.45. The Balaban J connectivity index is 2.41. The van der Waals surface area contributed by atoms with Gasteiger partial charge in [0, 0.05) is 12.1 Å². The van der Waals surface area contributed by atoms with Crippen molar-refractivity contribution in [1.29, 1.82) is 0 Å². The summed E-state index contributed by atoms with van der Waals surface area (Å²) in [6.45, 7) is 0. The Kier molecular flexibility index (Phi) is 2.42. The molecule has 0 radical (unpaired) electrons. The van der Waals surface area contributed by atoms with Gasteiger partial charge in [-0.1, -0.05) is 0 Å². The molecule has 0 aliphatic heterocycles. The van der Waals surface area contributed by atoms with Gasteiger partial charge in [-0.25, -0.2) is 9.97 Å². The average molecular weight is 233 g/mol. The molecule has 0 spiro atoms. The van der Waals surface area contributed by atoms with Crippen LogP contribution in [-0.2, 0) is 5.38 Å². The monoisotopic (exact) mass is 232 g/mol. The molecule has 1 heterocycles. The number of alkyl halides is 3. The van der Waals surface area contributed by atoms with Crippen LogP contribution in [0.1, 0.15) is 28.9 Å². The summed E-state index contributed by atoms with van der Waals surface area (Å²) >= 11 is 4.86. The number of aromatic nitrogens is 2. The van der Waals surface area contributed by atoms with Gasteiger partial charge in [0.2, 0.25) is 0 Å². The first-order valence-corrected chi connectivity index (χ1v) is 4.79. The van der Waals surface area contributed by atoms with Crippen LogP contribution in [0.4, 0.5) is 8.78 Å². The lowest BCUT2D eigenvalue weighted by atomic mass is 10.1. The van der Waals surface area contributed by atoms with Crippen molar-refractivity contribution in [2.24, 2.45) is 5.92 Å². The molecule has 3 nitrogen and oxygen atoms in total. The van der Waals surface area contributed by atoms with E-state index in [1.807, 2.05) is 0 Å². The predicted molar refractivity (Wildman–Crippen MR) is 48.8 cm³/mol. The van der Waals surface area contributed by atoms with E-state index < -0.39 is 11.1 Å². The number of rotatable bonds is 3. The standard InChI is InChI=1S/C9H7ClF2N2O/c10-9(11,12)8-6(3-13-4-14-8)7(15)5-1-2-5/h3-5H,1-2H2. The fraction of sp³-hybridized carbons (Fsp3) is 0.444. The molecule has 1 aliphatic rings. The molecule has 0 bridgehead atoms. The van der Waals surface area contributed by atoms with Gasteiger partial charge in [-0.3, -0.25) is 4.79 Å². The second kappa shape index (κ2) is 3.48. The number of ketones is 1. The van der Waals surface area contributed by atoms with Crippen LogP contribution in [0.3, 0.4) is 0 Å². The van der Waals surface area contributed by atoms with Crippen LogP contribution in [0.5, 0.6) is 0 Å². The summed E-state index contributed by atoms with van der Waals surface area (Å²) in [5.41, 5.74) is -0.865. The summed E-state index contributed by atoms with van der Waals surface area (Å²) in [5, 5.41) is -3.62. The van der Waals surface area contributed by atoms with Crippen LogP contribution < -0.4 is 0 Å². The van der Waals surface area contributed by atoms with Crippen molar-refractivity contribution >= 4 is 17.4 Å². The molecule has 0 aromatic carbocycles. The van der Waals surface area contributed by atoms with Crippen LogP contribution in [0.2, 0.25) is 0 Å². The molecule has 6 heteroatoms. The summed E-state index contributed by atoms with van der Waals surface area (Å²) in [6, 6.07) is 0. The van der Waals surface area contributed by atoms with Crippen LogP contribution in [-0.4, -0.2) is 15.8 Å². The normalized spacial score (nSPS) is 16.5. The Morgan fingerprint density at radius 1 is 1.53 bits per heavy atom. The molecule has 0 saturated heterocycles. The van der Waals surface area contributed by atoms with Crippen molar-refractivity contribution in [3.05, 3.63) is 23.8 Å². The Morgan fingerprint density at radius 3 is 2.73 bits per heavy atom. The maximum Gasteiger partial charge on any atom is 0.365 e. The largest absolute Gasteiger partial charge is 0.365 e. The van der Waals surface area contributed by atoms with Gasteiger partial charge in [-0.05, 0) is 24.4 Å². The molecule has 1 saturated carbocycles. The summed E-state index contributed by atoms with van der Waals surface area (Å²) in [7, 11) is 0. The molecular weight excluding hydrogens is 226 g/mol. The third kappa shape index (κ3) is 2.12. The minimum absolute atomic E-state index is 0.159. The topological polar surface area (TPSA) is 42.9 Å². The lowest BCUT2D eigenvalue weighted by molar-refractivity contribution is 0.0831. The lowest BCUT2D eigenvalue weighted by Crippen LogP contribution is -2.15. The lowest BCUT2D eigenvalue weighted by Gasteiger charge is -2.10. The minimum atomic E-state index is -3.62. The predicted octanol–water partition coefficient (Wildman–Crippen LogP) is 2.36. The Morgan fingerprint density at radius 2 is 2.20 bits per heavy atom. The summed E-state index contributed by atoms with van der Waals surface area (Å²) < 4.78 is 25.8. The maximum absolute atomic E-state index is 12.9. The second-order valence-corrected chi connectivity index (χ2v) is 3.90. The molecule has 1 aliphatic carbocycles. The van der Waals surface area contributed by atoms with Crippen LogP contribution in [0.25, 0.3) is 0 Å². The first-order chi connectivity index (χ1) is 7.00. The fourth-order valence-electron chi connectivity index (χ4n) is 1.30. The summed E-state index contributed by atoms with van der Waals surface area (Å²) in [6.07, 6.45) is 3.52. The van der Waals surface area contributed by atoms with E-state index in [-0.39, 0.29) is 17.3 Å². The highest BCUT2D eigenvalue weighted by atomic mass is 35.5. The van der Waals surface area contributed by atoms with Crippen molar-refractivity contribution in [2.75, 3.05) is 0 Å². The van der Waals surface area contributed by atoms with Crippen molar-refractivity contribution in [1.82, 2.24) is 9.97 Å². The number of halogens is 3. The number of carbonyl (C=O) groups is 1. The van der Waals surface area contributed by atoms with Crippen molar-refractivity contribution in [2.45, 2.75) is 18.2 Å². The number of Topliss-reactive ketones (excluding diaryl/α,β-unsaturated/α-hetero) is 1. The third-order valence-electron chi connectivity index (χ3n) is 2.19. The number of hydrogen-bond donors (Lipinski definition) is 0. The highest BCUT2D eigenvalue weighted by Crippen LogP contribution is 2.37. The van der Waals surface area contributed by atoms with Gasteiger partial charge in [-0.2, -0.15) is 8.78 Å². The van der Waals surface area contributed by atoms with E-state index in [9.17, 15) is 13.6 Å². The average Bonchev–Trinajstić information content (AvgIpc) is 2.98. The van der Waals surface area contributed by atoms with Gasteiger partial charge in [0.1, 0.15) is 12.0 Å². The van der Waals surface area contributed by atoms with Crippen LogP contribution in [0.15, 0.2) is 12.5 Å². The number of nitrogens with zero attached hydrogens (tertiary/aromatic N) is 2. The summed E-state index contributed by atoms with van der Waals surface area (Å²) in [5.74, 6) is -0.500. The molecule has 0 atom stereocenters. The van der Waals surface area contributed by atoms with E-state index in [0.29, 0.717) is 0 Å². The first kappa shape index (κ1) is 10.4. The second-order valence-electron chi connectivity index (χ2n) is 3.42. The van der Waals surface area contributed by atoms with Gasteiger partial charge in [-0.15, -0.1) is 0 Å². The Bertz CT molecular complexity index is 401. The first-order valence-electron chi connectivity index (χ1n) is 4.41. The quantitative estimate of drug-likeness (QED) is 0.594. The van der Waals surface area contributed by atoms with Crippen LogP contribution in [0, 0.1) is 5.92 Å². The molecule has 80 valence electrons. The number of carbonyl (C=O) groups excluding carboxylic acids is 1. The van der Waals surface area contributed by atoms with Gasteiger partial charge in [0.25, 0.3) is 0 Å². The van der Waals surface area contributed by atoms with Gasteiger partial charge in [0.15, 0.2) is 5.78 Å². The van der Waals surface area contributed by atoms with E-state index in [1.165, 1.54) is 0 Å². The molecule has 0 N–H and O–H groups in total. The van der Waals surface area contributed by atoms with Gasteiger partial charge >= 0.3 is 5.38 Å². The van der Waals surface area contributed by atoms with E-state index >= 15 is 0 Å². The zero-order valence-electron chi connectivity index (χ0n) is 7.58. The highest BCUT2D eigenvalue weighted by Gasteiger charge is 2.39. The summed E-state index contributed by atoms with van der Waals surface area (Å²) in [4.78, 5) is 18.5. The van der Waals surface area contributed by atoms with Gasteiger partial charge in [0.05, 0.1) is 5.56 Å². The molecular formula is C9H7ClF2N2O. The Labute approximate surface area is 89.5 Å². The molecule has 1 fully saturated rings. The van der Waals surface area contributed by atoms with E-state index in [0.717, 1.165) is 25.4 Å². The minimum Gasteiger partial charge on any atom is -0.294 e. The molecule has 1 aromatic rings. The van der Waals surface area contributed by atoms with Gasteiger partial charge < -0.3 is 0 Å². The third-order valence-corrected chi connectivity index (χ3v) is 2.37. The molecule has 15 heavy (non-hydrogen) atoms.